The number of esters is 1. The van der Waals surface area contributed by atoms with Gasteiger partial charge in [0.25, 0.3) is 0 Å². The zero-order valence-electron chi connectivity index (χ0n) is 24.9. The molecule has 0 aromatic heterocycles. The van der Waals surface area contributed by atoms with E-state index in [-0.39, 0.29) is 30.8 Å². The highest BCUT2D eigenvalue weighted by atomic mass is 16.5. The number of nitrogens with zero attached hydrogens (tertiary/aromatic N) is 2. The first-order valence-electron chi connectivity index (χ1n) is 15.1. The molecule has 1 aromatic carbocycles. The largest absolute Gasteiger partial charge is 0.493 e. The van der Waals surface area contributed by atoms with E-state index in [1.165, 1.54) is 7.11 Å². The van der Waals surface area contributed by atoms with Gasteiger partial charge in [0.15, 0.2) is 11.5 Å². The molecule has 0 unspecified atom stereocenters. The number of rotatable bonds is 9. The van der Waals surface area contributed by atoms with Gasteiger partial charge in [0.05, 0.1) is 33.5 Å². The van der Waals surface area contributed by atoms with Crippen molar-refractivity contribution in [3.8, 4) is 11.5 Å². The lowest BCUT2D eigenvalue weighted by molar-refractivity contribution is -0.178. The number of hydrogen-bond donors (Lipinski definition) is 0. The van der Waals surface area contributed by atoms with Gasteiger partial charge in [0.1, 0.15) is 5.41 Å². The van der Waals surface area contributed by atoms with Crippen molar-refractivity contribution in [2.24, 2.45) is 17.3 Å². The number of fused-ring (bicyclic) bond motifs is 1. The van der Waals surface area contributed by atoms with E-state index in [1.54, 1.807) is 19.1 Å². The van der Waals surface area contributed by atoms with Crippen LogP contribution in [0.2, 0.25) is 0 Å². The molecule has 3 heterocycles. The van der Waals surface area contributed by atoms with Crippen molar-refractivity contribution in [3.05, 3.63) is 35.5 Å². The lowest BCUT2D eigenvalue weighted by Gasteiger charge is -2.52. The summed E-state index contributed by atoms with van der Waals surface area (Å²) in [5, 5.41) is 0. The highest BCUT2D eigenvalue weighted by molar-refractivity contribution is 5.92. The Morgan fingerprint density at radius 1 is 1.02 bits per heavy atom. The summed E-state index contributed by atoms with van der Waals surface area (Å²) in [6.45, 7) is 3.72. The van der Waals surface area contributed by atoms with Gasteiger partial charge in [-0.3, -0.25) is 14.4 Å². The molecule has 41 heavy (non-hydrogen) atoms. The molecule has 1 aromatic rings. The van der Waals surface area contributed by atoms with E-state index in [9.17, 15) is 14.4 Å². The van der Waals surface area contributed by atoms with Crippen molar-refractivity contribution in [2.75, 3.05) is 41.0 Å². The fourth-order valence-electron chi connectivity index (χ4n) is 7.36. The third-order valence-corrected chi connectivity index (χ3v) is 9.67. The number of likely N-dealkylation sites (tertiary alicyclic amines) is 2. The molecular weight excluding hydrogens is 524 g/mol. The minimum Gasteiger partial charge on any atom is -0.493 e. The van der Waals surface area contributed by atoms with Gasteiger partial charge in [-0.15, -0.1) is 0 Å². The molecule has 3 aliphatic heterocycles. The van der Waals surface area contributed by atoms with Crippen LogP contribution in [0.15, 0.2) is 30.0 Å². The standard InChI is InChI=1S/C32H44N2O7/c1-21-32(31(37)40-4)20-24(18-29(35)33-14-7-8-15-33)30(36)34(28(32)19-26(41-21)23-9-5-6-10-23)16-13-22-11-12-25(38-2)27(17-22)39-3/h11-12,17,19,21,23-24,26H,5-10,13-16,18,20H2,1-4H3/t21-,24+,26-,32+/m1/s1. The second-order valence-electron chi connectivity index (χ2n) is 11.9. The normalized spacial score (nSPS) is 28.3. The molecule has 2 saturated heterocycles. The summed E-state index contributed by atoms with van der Waals surface area (Å²) in [6, 6.07) is 5.73. The third kappa shape index (κ3) is 5.57. The van der Waals surface area contributed by atoms with E-state index in [0.29, 0.717) is 36.1 Å². The zero-order valence-corrected chi connectivity index (χ0v) is 24.9. The summed E-state index contributed by atoms with van der Waals surface area (Å²) in [6.07, 6.45) is 8.60. The molecule has 5 rings (SSSR count). The first-order chi connectivity index (χ1) is 19.8. The molecule has 1 aliphatic carbocycles. The molecule has 0 spiro atoms. The highest BCUT2D eigenvalue weighted by Gasteiger charge is 2.60. The topological polar surface area (TPSA) is 94.6 Å². The molecule has 0 bridgehead atoms. The number of carbonyl (C=O) groups is 3. The second kappa shape index (κ2) is 12.4. The number of benzene rings is 1. The van der Waals surface area contributed by atoms with Crippen LogP contribution in [0.4, 0.5) is 0 Å². The van der Waals surface area contributed by atoms with Gasteiger partial charge in [0.2, 0.25) is 11.8 Å². The molecule has 3 fully saturated rings. The maximum atomic E-state index is 14.2. The molecular formula is C32H44N2O7. The van der Waals surface area contributed by atoms with Crippen molar-refractivity contribution in [1.29, 1.82) is 0 Å². The fraction of sp³-hybridized carbons (Fsp3) is 0.656. The predicted octanol–water partition coefficient (Wildman–Crippen LogP) is 4.13. The van der Waals surface area contributed by atoms with Gasteiger partial charge < -0.3 is 28.7 Å². The van der Waals surface area contributed by atoms with Crippen molar-refractivity contribution < 1.29 is 33.3 Å². The van der Waals surface area contributed by atoms with E-state index >= 15 is 0 Å². The van der Waals surface area contributed by atoms with E-state index in [2.05, 4.69) is 0 Å². The van der Waals surface area contributed by atoms with Crippen molar-refractivity contribution in [1.82, 2.24) is 9.80 Å². The van der Waals surface area contributed by atoms with Crippen molar-refractivity contribution in [2.45, 2.75) is 76.9 Å². The monoisotopic (exact) mass is 568 g/mol. The minimum absolute atomic E-state index is 0.0265. The number of carbonyl (C=O) groups excluding carboxylic acids is 3. The maximum absolute atomic E-state index is 14.2. The van der Waals surface area contributed by atoms with Crippen LogP contribution in [-0.4, -0.2) is 80.8 Å². The number of piperidine rings is 1. The summed E-state index contributed by atoms with van der Waals surface area (Å²) < 4.78 is 22.9. The maximum Gasteiger partial charge on any atom is 0.320 e. The number of hydrogen-bond acceptors (Lipinski definition) is 7. The lowest BCUT2D eigenvalue weighted by Crippen LogP contribution is -2.61. The van der Waals surface area contributed by atoms with Crippen LogP contribution in [0.25, 0.3) is 0 Å². The molecule has 0 radical (unpaired) electrons. The minimum atomic E-state index is -1.16. The Balaban J connectivity index is 1.51. The van der Waals surface area contributed by atoms with Crippen molar-refractivity contribution >= 4 is 17.8 Å². The summed E-state index contributed by atoms with van der Waals surface area (Å²) >= 11 is 0. The number of methoxy groups -OCH3 is 3. The van der Waals surface area contributed by atoms with Crippen LogP contribution in [-0.2, 0) is 30.3 Å². The van der Waals surface area contributed by atoms with Gasteiger partial charge in [-0.2, -0.15) is 0 Å². The SMILES string of the molecule is COC(=O)[C@]12C[C@H](CC(=O)N3CCCC3)C(=O)N(CCc3ccc(OC)c(OC)c3)C1=C[C@H](C1CCCC1)O[C@@H]2C. The molecule has 9 nitrogen and oxygen atoms in total. The van der Waals surface area contributed by atoms with Crippen LogP contribution in [0.5, 0.6) is 11.5 Å². The van der Waals surface area contributed by atoms with E-state index in [1.807, 2.05) is 36.1 Å². The number of ether oxygens (including phenoxy) is 4. The van der Waals surface area contributed by atoms with E-state index in [4.69, 9.17) is 18.9 Å². The summed E-state index contributed by atoms with van der Waals surface area (Å²) in [5.74, 6) is 0.425. The molecule has 9 heteroatoms. The molecule has 2 amide bonds. The van der Waals surface area contributed by atoms with E-state index < -0.39 is 23.4 Å². The Kier molecular flexibility index (Phi) is 8.92. The molecule has 1 saturated carbocycles. The zero-order chi connectivity index (χ0) is 29.1. The average Bonchev–Trinajstić information content (AvgIpc) is 3.72. The third-order valence-electron chi connectivity index (χ3n) is 9.67. The Hall–Kier alpha value is -3.07. The van der Waals surface area contributed by atoms with E-state index in [0.717, 1.165) is 57.2 Å². The highest BCUT2D eigenvalue weighted by Crippen LogP contribution is 2.52. The van der Waals surface area contributed by atoms with Crippen LogP contribution in [0.3, 0.4) is 0 Å². The lowest BCUT2D eigenvalue weighted by atomic mass is 9.66. The van der Waals surface area contributed by atoms with Gasteiger partial charge in [-0.1, -0.05) is 18.9 Å². The van der Waals surface area contributed by atoms with Crippen LogP contribution in [0, 0.1) is 17.3 Å². The first kappa shape index (κ1) is 29.4. The fourth-order valence-corrected chi connectivity index (χ4v) is 7.36. The van der Waals surface area contributed by atoms with Crippen LogP contribution >= 0.6 is 0 Å². The smallest absolute Gasteiger partial charge is 0.320 e. The molecule has 224 valence electrons. The van der Waals surface area contributed by atoms with Crippen LogP contribution < -0.4 is 9.47 Å². The quantitative estimate of drug-likeness (QED) is 0.414. The predicted molar refractivity (Wildman–Crippen MR) is 152 cm³/mol. The Bertz CT molecular complexity index is 1170. The Labute approximate surface area is 243 Å². The molecule has 4 aliphatic rings. The number of amides is 2. The second-order valence-corrected chi connectivity index (χ2v) is 11.9. The summed E-state index contributed by atoms with van der Waals surface area (Å²) in [4.78, 5) is 44.8. The Morgan fingerprint density at radius 2 is 1.73 bits per heavy atom. The summed E-state index contributed by atoms with van der Waals surface area (Å²) in [7, 11) is 4.58. The molecule has 4 atom stereocenters. The Morgan fingerprint density at radius 3 is 2.39 bits per heavy atom. The van der Waals surface area contributed by atoms with Gasteiger partial charge in [-0.25, -0.2) is 0 Å². The van der Waals surface area contributed by atoms with Gasteiger partial charge in [-0.05, 0) is 75.1 Å². The first-order valence-corrected chi connectivity index (χ1v) is 15.1. The average molecular weight is 569 g/mol. The summed E-state index contributed by atoms with van der Waals surface area (Å²) in [5.41, 5.74) is 0.489. The van der Waals surface area contributed by atoms with Crippen molar-refractivity contribution in [3.63, 3.8) is 0 Å². The van der Waals surface area contributed by atoms with Crippen LogP contribution in [0.1, 0.15) is 63.9 Å². The molecule has 0 N–H and O–H groups in total. The van der Waals surface area contributed by atoms with Gasteiger partial charge in [0, 0.05) is 37.7 Å². The van der Waals surface area contributed by atoms with Gasteiger partial charge >= 0.3 is 5.97 Å².